The van der Waals surface area contributed by atoms with Crippen LogP contribution in [0, 0.1) is 5.92 Å². The standard InChI is InChI=1S/C18H19BrN4O2/c1-2-14(24)12-4-3-9-20-18(12)25-15-8-7-13-17(16(15)19)21-22-23(13)10-11-5-6-11/h3-4,7-9,11,14,24H,2,5-6,10H2,1H3. The molecule has 0 bridgehead atoms. The number of ether oxygens (including phenoxy) is 1. The third-order valence-corrected chi connectivity index (χ3v) is 5.24. The molecule has 1 aliphatic rings. The average molecular weight is 403 g/mol. The Morgan fingerprint density at radius 1 is 1.36 bits per heavy atom. The van der Waals surface area contributed by atoms with Gasteiger partial charge in [-0.3, -0.25) is 0 Å². The lowest BCUT2D eigenvalue weighted by Crippen LogP contribution is -2.02. The Hall–Kier alpha value is -1.99. The van der Waals surface area contributed by atoms with Gasteiger partial charge in [0.2, 0.25) is 5.88 Å². The number of hydrogen-bond donors (Lipinski definition) is 1. The highest BCUT2D eigenvalue weighted by atomic mass is 79.9. The zero-order valence-electron chi connectivity index (χ0n) is 13.9. The molecule has 0 saturated heterocycles. The first-order valence-electron chi connectivity index (χ1n) is 8.50. The van der Waals surface area contributed by atoms with E-state index in [1.165, 1.54) is 12.8 Å². The third-order valence-electron chi connectivity index (χ3n) is 4.47. The fraction of sp³-hybridized carbons (Fsp3) is 0.389. The van der Waals surface area contributed by atoms with Crippen LogP contribution in [-0.4, -0.2) is 25.1 Å². The van der Waals surface area contributed by atoms with Crippen molar-refractivity contribution in [3.05, 3.63) is 40.5 Å². The Labute approximate surface area is 154 Å². The lowest BCUT2D eigenvalue weighted by molar-refractivity contribution is 0.169. The van der Waals surface area contributed by atoms with E-state index in [1.807, 2.05) is 29.8 Å². The number of halogens is 1. The highest BCUT2D eigenvalue weighted by molar-refractivity contribution is 9.10. The quantitative estimate of drug-likeness (QED) is 0.667. The number of rotatable bonds is 6. The molecule has 4 rings (SSSR count). The highest BCUT2D eigenvalue weighted by Crippen LogP contribution is 2.37. The Balaban J connectivity index is 1.67. The number of pyridine rings is 1. The van der Waals surface area contributed by atoms with Crippen LogP contribution in [0.5, 0.6) is 11.6 Å². The van der Waals surface area contributed by atoms with Crippen molar-refractivity contribution in [3.63, 3.8) is 0 Å². The zero-order valence-corrected chi connectivity index (χ0v) is 15.5. The van der Waals surface area contributed by atoms with Crippen molar-refractivity contribution in [2.24, 2.45) is 5.92 Å². The summed E-state index contributed by atoms with van der Waals surface area (Å²) in [7, 11) is 0. The number of benzene rings is 1. The molecule has 7 heteroatoms. The van der Waals surface area contributed by atoms with Crippen LogP contribution >= 0.6 is 15.9 Å². The van der Waals surface area contributed by atoms with Crippen molar-refractivity contribution >= 4 is 27.0 Å². The fourth-order valence-corrected chi connectivity index (χ4v) is 3.31. The Morgan fingerprint density at radius 2 is 2.20 bits per heavy atom. The molecule has 1 aromatic carbocycles. The molecule has 2 aromatic heterocycles. The monoisotopic (exact) mass is 402 g/mol. The van der Waals surface area contributed by atoms with Crippen LogP contribution in [0.2, 0.25) is 0 Å². The minimum atomic E-state index is -0.606. The van der Waals surface area contributed by atoms with Crippen LogP contribution < -0.4 is 4.74 Å². The van der Waals surface area contributed by atoms with Crippen molar-refractivity contribution in [1.82, 2.24) is 20.0 Å². The number of aromatic nitrogens is 4. The van der Waals surface area contributed by atoms with E-state index in [2.05, 4.69) is 31.2 Å². The second-order valence-electron chi connectivity index (χ2n) is 6.38. The van der Waals surface area contributed by atoms with Crippen LogP contribution in [-0.2, 0) is 6.54 Å². The predicted octanol–water partition coefficient (Wildman–Crippen LogP) is 4.23. The van der Waals surface area contributed by atoms with Crippen molar-refractivity contribution in [3.8, 4) is 11.6 Å². The third kappa shape index (κ3) is 3.26. The molecule has 1 aliphatic carbocycles. The van der Waals surface area contributed by atoms with Crippen molar-refractivity contribution in [2.45, 2.75) is 38.8 Å². The van der Waals surface area contributed by atoms with Gasteiger partial charge in [0.15, 0.2) is 0 Å². The molecule has 1 N–H and O–H groups in total. The first-order valence-corrected chi connectivity index (χ1v) is 9.29. The zero-order chi connectivity index (χ0) is 17.4. The van der Waals surface area contributed by atoms with E-state index in [-0.39, 0.29) is 0 Å². The lowest BCUT2D eigenvalue weighted by Gasteiger charge is -2.14. The van der Waals surface area contributed by atoms with Gasteiger partial charge >= 0.3 is 0 Å². The van der Waals surface area contributed by atoms with Crippen molar-refractivity contribution in [1.29, 1.82) is 0 Å². The second kappa shape index (κ2) is 6.72. The molecule has 0 amide bonds. The van der Waals surface area contributed by atoms with Crippen LogP contribution in [0.25, 0.3) is 11.0 Å². The molecule has 1 atom stereocenters. The molecule has 6 nitrogen and oxygen atoms in total. The average Bonchev–Trinajstić information content (AvgIpc) is 3.36. The van der Waals surface area contributed by atoms with E-state index in [9.17, 15) is 5.11 Å². The van der Waals surface area contributed by atoms with Gasteiger partial charge in [-0.1, -0.05) is 12.1 Å². The van der Waals surface area contributed by atoms with Gasteiger partial charge in [0.05, 0.1) is 16.1 Å². The van der Waals surface area contributed by atoms with Gasteiger partial charge in [-0.2, -0.15) is 0 Å². The maximum absolute atomic E-state index is 10.2. The molecular weight excluding hydrogens is 384 g/mol. The molecule has 3 aromatic rings. The maximum Gasteiger partial charge on any atom is 0.225 e. The minimum absolute atomic E-state index is 0.405. The van der Waals surface area contributed by atoms with Crippen molar-refractivity contribution < 1.29 is 9.84 Å². The smallest absolute Gasteiger partial charge is 0.225 e. The topological polar surface area (TPSA) is 73.1 Å². The van der Waals surface area contributed by atoms with Crippen LogP contribution in [0.1, 0.15) is 37.9 Å². The summed E-state index contributed by atoms with van der Waals surface area (Å²) in [6.45, 7) is 2.83. The van der Waals surface area contributed by atoms with E-state index in [0.29, 0.717) is 23.6 Å². The van der Waals surface area contributed by atoms with Crippen LogP contribution in [0.15, 0.2) is 34.9 Å². The van der Waals surface area contributed by atoms with Gasteiger partial charge in [-0.25, -0.2) is 9.67 Å². The largest absolute Gasteiger partial charge is 0.437 e. The number of fused-ring (bicyclic) bond motifs is 1. The summed E-state index contributed by atoms with van der Waals surface area (Å²) in [6, 6.07) is 7.48. The molecule has 0 aliphatic heterocycles. The Kier molecular flexibility index (Phi) is 4.43. The highest BCUT2D eigenvalue weighted by Gasteiger charge is 2.24. The fourth-order valence-electron chi connectivity index (χ4n) is 2.81. The number of nitrogens with zero attached hydrogens (tertiary/aromatic N) is 4. The normalized spacial score (nSPS) is 15.5. The van der Waals surface area contributed by atoms with Crippen LogP contribution in [0.4, 0.5) is 0 Å². The SMILES string of the molecule is CCC(O)c1cccnc1Oc1ccc2c(nnn2CC2CC2)c1Br. The van der Waals surface area contributed by atoms with E-state index >= 15 is 0 Å². The summed E-state index contributed by atoms with van der Waals surface area (Å²) >= 11 is 3.58. The second-order valence-corrected chi connectivity index (χ2v) is 7.18. The van der Waals surface area contributed by atoms with E-state index in [0.717, 1.165) is 28.0 Å². The predicted molar refractivity (Wildman–Crippen MR) is 97.5 cm³/mol. The molecule has 1 fully saturated rings. The molecule has 0 radical (unpaired) electrons. The van der Waals surface area contributed by atoms with Gasteiger partial charge in [0.25, 0.3) is 0 Å². The maximum atomic E-state index is 10.2. The molecular formula is C18H19BrN4O2. The Morgan fingerprint density at radius 3 is 2.96 bits per heavy atom. The van der Waals surface area contributed by atoms with Gasteiger partial charge < -0.3 is 9.84 Å². The number of hydrogen-bond acceptors (Lipinski definition) is 5. The minimum Gasteiger partial charge on any atom is -0.437 e. The Bertz CT molecular complexity index is 907. The summed E-state index contributed by atoms with van der Waals surface area (Å²) in [5.41, 5.74) is 2.43. The van der Waals surface area contributed by atoms with Crippen molar-refractivity contribution in [2.75, 3.05) is 0 Å². The first-order chi connectivity index (χ1) is 12.2. The van der Waals surface area contributed by atoms with E-state index in [4.69, 9.17) is 4.74 Å². The lowest BCUT2D eigenvalue weighted by atomic mass is 10.1. The van der Waals surface area contributed by atoms with E-state index < -0.39 is 6.10 Å². The molecule has 25 heavy (non-hydrogen) atoms. The summed E-state index contributed by atoms with van der Waals surface area (Å²) in [5, 5.41) is 18.7. The first kappa shape index (κ1) is 16.5. The van der Waals surface area contributed by atoms with Gasteiger partial charge in [0, 0.05) is 18.3 Å². The molecule has 2 heterocycles. The summed E-state index contributed by atoms with van der Waals surface area (Å²) < 4.78 is 8.68. The summed E-state index contributed by atoms with van der Waals surface area (Å²) in [6.07, 6.45) is 4.18. The summed E-state index contributed by atoms with van der Waals surface area (Å²) in [4.78, 5) is 4.27. The van der Waals surface area contributed by atoms with Gasteiger partial charge in [-0.05, 0) is 65.4 Å². The molecule has 130 valence electrons. The van der Waals surface area contributed by atoms with E-state index in [1.54, 1.807) is 12.3 Å². The number of aliphatic hydroxyl groups excluding tert-OH is 1. The molecule has 0 spiro atoms. The van der Waals surface area contributed by atoms with Crippen LogP contribution in [0.3, 0.4) is 0 Å². The molecule has 1 unspecified atom stereocenters. The molecule has 1 saturated carbocycles. The number of aliphatic hydroxyl groups is 1. The van der Waals surface area contributed by atoms with Gasteiger partial charge in [0.1, 0.15) is 11.3 Å². The summed E-state index contributed by atoms with van der Waals surface area (Å²) in [5.74, 6) is 1.74. The van der Waals surface area contributed by atoms with Gasteiger partial charge in [-0.15, -0.1) is 5.10 Å².